The number of benzene rings is 2. The van der Waals surface area contributed by atoms with E-state index in [1.54, 1.807) is 16.6 Å². The normalized spacial score (nSPS) is 11.3. The summed E-state index contributed by atoms with van der Waals surface area (Å²) in [5, 5.41) is 5.52. The first-order valence-electron chi connectivity index (χ1n) is 10.3. The van der Waals surface area contributed by atoms with Crippen molar-refractivity contribution in [2.75, 3.05) is 6.61 Å². The first kappa shape index (κ1) is 20.4. The zero-order valence-corrected chi connectivity index (χ0v) is 18.1. The molecule has 0 aliphatic carbocycles. The summed E-state index contributed by atoms with van der Waals surface area (Å²) in [6.07, 6.45) is 3.87. The Morgan fingerprint density at radius 3 is 2.34 bits per heavy atom. The smallest absolute Gasteiger partial charge is 0.166 e. The molecule has 0 unspecified atom stereocenters. The van der Waals surface area contributed by atoms with Gasteiger partial charge in [-0.1, -0.05) is 23.7 Å². The molecule has 0 amide bonds. The van der Waals surface area contributed by atoms with E-state index in [-0.39, 0.29) is 5.82 Å². The van der Waals surface area contributed by atoms with Gasteiger partial charge in [-0.2, -0.15) is 5.10 Å². The summed E-state index contributed by atoms with van der Waals surface area (Å²) in [6, 6.07) is 19.8. The molecule has 5 aromatic rings. The summed E-state index contributed by atoms with van der Waals surface area (Å²) in [6.45, 7) is 2.87. The van der Waals surface area contributed by atoms with E-state index in [1.165, 1.54) is 12.1 Å². The zero-order chi connectivity index (χ0) is 22.1. The Kier molecular flexibility index (Phi) is 5.47. The van der Waals surface area contributed by atoms with Crippen LogP contribution in [0.25, 0.3) is 33.8 Å². The summed E-state index contributed by atoms with van der Waals surface area (Å²) in [4.78, 5) is 4.95. The van der Waals surface area contributed by atoms with Gasteiger partial charge in [-0.05, 0) is 61.0 Å². The van der Waals surface area contributed by atoms with Gasteiger partial charge in [0.25, 0.3) is 0 Å². The van der Waals surface area contributed by atoms with E-state index < -0.39 is 0 Å². The molecular weight excluding hydrogens is 427 g/mol. The van der Waals surface area contributed by atoms with Crippen molar-refractivity contribution in [3.05, 3.63) is 95.7 Å². The van der Waals surface area contributed by atoms with Crippen LogP contribution in [-0.2, 0) is 11.3 Å². The van der Waals surface area contributed by atoms with Crippen molar-refractivity contribution >= 4 is 17.2 Å². The minimum atomic E-state index is -0.288. The number of hydrogen-bond donors (Lipinski definition) is 0. The molecule has 0 saturated heterocycles. The number of rotatable bonds is 6. The molecule has 7 heteroatoms. The third-order valence-corrected chi connectivity index (χ3v) is 5.48. The lowest BCUT2D eigenvalue weighted by atomic mass is 10.1. The van der Waals surface area contributed by atoms with Crippen molar-refractivity contribution in [2.24, 2.45) is 0 Å². The Morgan fingerprint density at radius 2 is 1.66 bits per heavy atom. The van der Waals surface area contributed by atoms with E-state index in [1.807, 2.05) is 66.3 Å². The molecule has 0 aliphatic rings. The molecule has 3 aromatic heterocycles. The van der Waals surface area contributed by atoms with Crippen molar-refractivity contribution in [2.45, 2.75) is 13.5 Å². The predicted molar refractivity (Wildman–Crippen MR) is 123 cm³/mol. The van der Waals surface area contributed by atoms with Crippen molar-refractivity contribution in [3.8, 4) is 28.2 Å². The van der Waals surface area contributed by atoms with Crippen LogP contribution < -0.4 is 0 Å². The van der Waals surface area contributed by atoms with Gasteiger partial charge in [0.1, 0.15) is 11.6 Å². The number of nitrogens with zero attached hydrogens (tertiary/aromatic N) is 4. The third-order valence-electron chi connectivity index (χ3n) is 5.23. The fourth-order valence-electron chi connectivity index (χ4n) is 3.71. The van der Waals surface area contributed by atoms with E-state index in [9.17, 15) is 4.39 Å². The Labute approximate surface area is 189 Å². The lowest BCUT2D eigenvalue weighted by Crippen LogP contribution is -2.02. The fraction of sp³-hybridized carbons (Fsp3) is 0.120. The lowest BCUT2D eigenvalue weighted by Gasteiger charge is -2.10. The minimum absolute atomic E-state index is 0.288. The highest BCUT2D eigenvalue weighted by Crippen LogP contribution is 2.33. The van der Waals surface area contributed by atoms with Crippen molar-refractivity contribution < 1.29 is 9.13 Å². The highest BCUT2D eigenvalue weighted by Gasteiger charge is 2.20. The number of halogens is 2. The molecule has 3 heterocycles. The van der Waals surface area contributed by atoms with Crippen LogP contribution in [0.5, 0.6) is 0 Å². The molecule has 0 spiro atoms. The Balaban J connectivity index is 1.82. The van der Waals surface area contributed by atoms with E-state index in [0.29, 0.717) is 23.9 Å². The maximum absolute atomic E-state index is 13.6. The molecule has 160 valence electrons. The van der Waals surface area contributed by atoms with Crippen molar-refractivity contribution in [1.82, 2.24) is 19.2 Å². The lowest BCUT2D eigenvalue weighted by molar-refractivity contribution is 0.131. The average Bonchev–Trinajstić information content (AvgIpc) is 3.46. The highest BCUT2D eigenvalue weighted by molar-refractivity contribution is 6.30. The van der Waals surface area contributed by atoms with Gasteiger partial charge in [0.05, 0.1) is 23.6 Å². The Hall–Kier alpha value is -3.48. The maximum Gasteiger partial charge on any atom is 0.166 e. The van der Waals surface area contributed by atoms with E-state index in [0.717, 1.165) is 33.9 Å². The summed E-state index contributed by atoms with van der Waals surface area (Å²) in [5.74, 6) is 0.448. The largest absolute Gasteiger partial charge is 0.375 e. The summed E-state index contributed by atoms with van der Waals surface area (Å²) in [5.41, 5.74) is 4.92. The second kappa shape index (κ2) is 8.57. The first-order chi connectivity index (χ1) is 15.6. The third kappa shape index (κ3) is 3.79. The second-order valence-electron chi connectivity index (χ2n) is 7.30. The van der Waals surface area contributed by atoms with Crippen molar-refractivity contribution in [1.29, 1.82) is 0 Å². The minimum Gasteiger partial charge on any atom is -0.375 e. The van der Waals surface area contributed by atoms with Gasteiger partial charge in [-0.15, -0.1) is 0 Å². The van der Waals surface area contributed by atoms with Crippen LogP contribution >= 0.6 is 11.6 Å². The van der Waals surface area contributed by atoms with Gasteiger partial charge in [-0.3, -0.25) is 0 Å². The quantitative estimate of drug-likeness (QED) is 0.312. The molecule has 0 aliphatic heterocycles. The molecule has 0 radical (unpaired) electrons. The van der Waals surface area contributed by atoms with Crippen LogP contribution in [-0.4, -0.2) is 25.8 Å². The number of fused-ring (bicyclic) bond motifs is 1. The predicted octanol–water partition coefficient (Wildman–Crippen LogP) is 6.18. The summed E-state index contributed by atoms with van der Waals surface area (Å²) < 4.78 is 23.1. The first-order valence-corrected chi connectivity index (χ1v) is 10.7. The maximum atomic E-state index is 13.6. The molecule has 2 aromatic carbocycles. The standard InChI is InChI=1S/C25H20ClFN4O/c1-2-32-16-21-24(18-5-9-19(26)10-6-18)25-28-23(30-13-3-4-14-30)15-22(31(25)29-21)17-7-11-20(27)12-8-17/h3-15H,2,16H2,1H3. The SMILES string of the molecule is CCOCc1nn2c(-c3ccc(F)cc3)cc(-n3cccc3)nc2c1-c1ccc(Cl)cc1. The van der Waals surface area contributed by atoms with Gasteiger partial charge < -0.3 is 9.30 Å². The second-order valence-corrected chi connectivity index (χ2v) is 7.73. The molecular formula is C25H20ClFN4O. The van der Waals surface area contributed by atoms with E-state index in [2.05, 4.69) is 0 Å². The average molecular weight is 447 g/mol. The van der Waals surface area contributed by atoms with Gasteiger partial charge in [0.2, 0.25) is 0 Å². The molecule has 0 saturated carbocycles. The molecule has 0 fully saturated rings. The zero-order valence-electron chi connectivity index (χ0n) is 17.4. The summed E-state index contributed by atoms with van der Waals surface area (Å²) in [7, 11) is 0. The van der Waals surface area contributed by atoms with Crippen LogP contribution in [0.4, 0.5) is 4.39 Å². The van der Waals surface area contributed by atoms with E-state index >= 15 is 0 Å². The monoisotopic (exact) mass is 446 g/mol. The van der Waals surface area contributed by atoms with Crippen LogP contribution in [0, 0.1) is 5.82 Å². The Bertz CT molecular complexity index is 1360. The molecule has 32 heavy (non-hydrogen) atoms. The van der Waals surface area contributed by atoms with Crippen LogP contribution in [0.2, 0.25) is 5.02 Å². The molecule has 0 N–H and O–H groups in total. The molecule has 5 rings (SSSR count). The number of hydrogen-bond acceptors (Lipinski definition) is 3. The van der Waals surface area contributed by atoms with Crippen LogP contribution in [0.15, 0.2) is 79.1 Å². The van der Waals surface area contributed by atoms with Gasteiger partial charge in [0.15, 0.2) is 5.65 Å². The summed E-state index contributed by atoms with van der Waals surface area (Å²) >= 11 is 6.13. The number of aromatic nitrogens is 4. The van der Waals surface area contributed by atoms with Gasteiger partial charge >= 0.3 is 0 Å². The molecule has 5 nitrogen and oxygen atoms in total. The Morgan fingerprint density at radius 1 is 0.969 bits per heavy atom. The van der Waals surface area contributed by atoms with Gasteiger partial charge in [-0.25, -0.2) is 13.9 Å². The number of ether oxygens (including phenoxy) is 1. The van der Waals surface area contributed by atoms with Gasteiger partial charge in [0, 0.05) is 35.7 Å². The highest BCUT2D eigenvalue weighted by atomic mass is 35.5. The van der Waals surface area contributed by atoms with E-state index in [4.69, 9.17) is 26.4 Å². The molecule has 0 atom stereocenters. The molecule has 0 bridgehead atoms. The van der Waals surface area contributed by atoms with Crippen molar-refractivity contribution in [3.63, 3.8) is 0 Å². The fourth-order valence-corrected chi connectivity index (χ4v) is 3.83. The van der Waals surface area contributed by atoms with Crippen LogP contribution in [0.1, 0.15) is 12.6 Å². The topological polar surface area (TPSA) is 44.4 Å². The van der Waals surface area contributed by atoms with Crippen LogP contribution in [0.3, 0.4) is 0 Å².